The summed E-state index contributed by atoms with van der Waals surface area (Å²) in [5.74, 6) is -1.72. The summed E-state index contributed by atoms with van der Waals surface area (Å²) in [6.45, 7) is 6.03. The molecule has 7 nitrogen and oxygen atoms in total. The van der Waals surface area contributed by atoms with Crippen LogP contribution < -0.4 is 0 Å². The van der Waals surface area contributed by atoms with Crippen LogP contribution in [0.2, 0.25) is 0 Å². The second-order valence-corrected chi connectivity index (χ2v) is 5.44. The topological polar surface area (TPSA) is 101 Å². The van der Waals surface area contributed by atoms with Crippen LogP contribution in [0.25, 0.3) is 0 Å². The Hall–Kier alpha value is -2.44. The van der Waals surface area contributed by atoms with Gasteiger partial charge in [-0.2, -0.15) is 0 Å². The van der Waals surface area contributed by atoms with Gasteiger partial charge in [-0.1, -0.05) is 0 Å². The Balaban J connectivity index is 3.34. The minimum absolute atomic E-state index is 0.129. The molecule has 0 aromatic heterocycles. The van der Waals surface area contributed by atoms with Crippen molar-refractivity contribution in [2.45, 2.75) is 33.2 Å². The molecule has 0 saturated carbocycles. The number of nitrogens with zero attached hydrogens (tertiary/aromatic N) is 2. The summed E-state index contributed by atoms with van der Waals surface area (Å²) in [6.07, 6.45) is 0. The van der Waals surface area contributed by atoms with E-state index in [1.807, 2.05) is 0 Å². The molecule has 0 atom stereocenters. The molecule has 0 bridgehead atoms. The van der Waals surface area contributed by atoms with Crippen LogP contribution in [-0.2, 0) is 4.79 Å². The molecule has 1 amide bonds. The Labute approximate surface area is 122 Å². The maximum atomic E-state index is 12.4. The van der Waals surface area contributed by atoms with Gasteiger partial charge in [0.2, 0.25) is 0 Å². The molecule has 0 aliphatic rings. The zero-order valence-corrected chi connectivity index (χ0v) is 12.6. The second kappa shape index (κ2) is 5.51. The van der Waals surface area contributed by atoms with Gasteiger partial charge in [-0.3, -0.25) is 14.9 Å². The average molecular weight is 294 g/mol. The van der Waals surface area contributed by atoms with Gasteiger partial charge < -0.3 is 10.0 Å². The van der Waals surface area contributed by atoms with Crippen LogP contribution in [0.3, 0.4) is 0 Å². The predicted molar refractivity (Wildman–Crippen MR) is 76.4 cm³/mol. The largest absolute Gasteiger partial charge is 0.480 e. The van der Waals surface area contributed by atoms with E-state index in [4.69, 9.17) is 5.11 Å². The monoisotopic (exact) mass is 294 g/mol. The lowest BCUT2D eigenvalue weighted by atomic mass is 9.99. The smallest absolute Gasteiger partial charge is 0.329 e. The van der Waals surface area contributed by atoms with Crippen LogP contribution in [0.1, 0.15) is 35.3 Å². The molecule has 0 fully saturated rings. The number of carboxylic acids is 1. The van der Waals surface area contributed by atoms with E-state index in [1.165, 1.54) is 27.0 Å². The number of nitro benzene ring substituents is 1. The number of carbonyl (C=O) groups excluding carboxylic acids is 1. The Morgan fingerprint density at radius 1 is 1.24 bits per heavy atom. The van der Waals surface area contributed by atoms with Crippen LogP contribution in [0.5, 0.6) is 0 Å². The molecule has 1 N–H and O–H groups in total. The summed E-state index contributed by atoms with van der Waals surface area (Å²) in [5, 5.41) is 20.1. The van der Waals surface area contributed by atoms with Crippen molar-refractivity contribution in [2.24, 2.45) is 0 Å². The number of hydrogen-bond acceptors (Lipinski definition) is 4. The summed E-state index contributed by atoms with van der Waals surface area (Å²) in [5.41, 5.74) is -0.427. The number of hydrogen-bond donors (Lipinski definition) is 1. The number of aryl methyl sites for hydroxylation is 2. The first-order chi connectivity index (χ1) is 9.50. The maximum absolute atomic E-state index is 12.4. The number of nitro groups is 1. The number of rotatable bonds is 4. The van der Waals surface area contributed by atoms with Gasteiger partial charge in [0.05, 0.1) is 4.92 Å². The van der Waals surface area contributed by atoms with Crippen molar-refractivity contribution in [2.75, 3.05) is 7.05 Å². The summed E-state index contributed by atoms with van der Waals surface area (Å²) >= 11 is 0. The van der Waals surface area contributed by atoms with E-state index in [0.717, 1.165) is 4.90 Å². The van der Waals surface area contributed by atoms with Crippen molar-refractivity contribution in [3.05, 3.63) is 38.9 Å². The molecule has 1 aromatic rings. The predicted octanol–water partition coefficient (Wildman–Crippen LogP) is 2.15. The molecule has 114 valence electrons. The van der Waals surface area contributed by atoms with Crippen molar-refractivity contribution in [3.63, 3.8) is 0 Å². The Morgan fingerprint density at radius 2 is 1.76 bits per heavy atom. The van der Waals surface area contributed by atoms with Crippen LogP contribution in [0, 0.1) is 24.0 Å². The fourth-order valence-electron chi connectivity index (χ4n) is 1.85. The van der Waals surface area contributed by atoms with Crippen molar-refractivity contribution in [1.82, 2.24) is 4.90 Å². The average Bonchev–Trinajstić information content (AvgIpc) is 2.36. The quantitative estimate of drug-likeness (QED) is 0.677. The van der Waals surface area contributed by atoms with Crippen molar-refractivity contribution in [1.29, 1.82) is 0 Å². The SMILES string of the molecule is Cc1cc(C)c([N+](=O)[O-])cc1C(=O)N(C)C(C)(C)C(=O)O. The van der Waals surface area contributed by atoms with Gasteiger partial charge in [0.1, 0.15) is 5.54 Å². The highest BCUT2D eigenvalue weighted by Crippen LogP contribution is 2.25. The lowest BCUT2D eigenvalue weighted by Gasteiger charge is -2.32. The molecule has 7 heteroatoms. The van der Waals surface area contributed by atoms with Crippen LogP contribution >= 0.6 is 0 Å². The van der Waals surface area contributed by atoms with Crippen LogP contribution in [-0.4, -0.2) is 39.4 Å². The van der Waals surface area contributed by atoms with Gasteiger partial charge in [0.15, 0.2) is 0 Å². The molecule has 0 unspecified atom stereocenters. The van der Waals surface area contributed by atoms with Crippen LogP contribution in [0.4, 0.5) is 5.69 Å². The van der Waals surface area contributed by atoms with Crippen molar-refractivity contribution in [3.8, 4) is 0 Å². The first kappa shape index (κ1) is 16.6. The highest BCUT2D eigenvalue weighted by Gasteiger charge is 2.36. The van der Waals surface area contributed by atoms with E-state index in [1.54, 1.807) is 19.9 Å². The summed E-state index contributed by atoms with van der Waals surface area (Å²) in [6, 6.07) is 2.74. The van der Waals surface area contributed by atoms with Crippen molar-refractivity contribution >= 4 is 17.6 Å². The highest BCUT2D eigenvalue weighted by atomic mass is 16.6. The Kier molecular flexibility index (Phi) is 4.36. The Bertz CT molecular complexity index is 622. The number of aliphatic carboxylic acids is 1. The van der Waals surface area contributed by atoms with Gasteiger partial charge >= 0.3 is 5.97 Å². The molecule has 0 radical (unpaired) electrons. The van der Waals surface area contributed by atoms with Gasteiger partial charge in [-0.15, -0.1) is 0 Å². The van der Waals surface area contributed by atoms with Gasteiger partial charge in [0.25, 0.3) is 11.6 Å². The van der Waals surface area contributed by atoms with E-state index in [9.17, 15) is 19.7 Å². The van der Waals surface area contributed by atoms with Crippen molar-refractivity contribution < 1.29 is 19.6 Å². The molecule has 0 aliphatic heterocycles. The third kappa shape index (κ3) is 3.01. The van der Waals surface area contributed by atoms with E-state index in [2.05, 4.69) is 0 Å². The number of likely N-dealkylation sites (N-methyl/N-ethyl adjacent to an activating group) is 1. The van der Waals surface area contributed by atoms with Gasteiger partial charge in [-0.05, 0) is 39.3 Å². The fourth-order valence-corrected chi connectivity index (χ4v) is 1.85. The second-order valence-electron chi connectivity index (χ2n) is 5.44. The van der Waals surface area contributed by atoms with Crippen LogP contribution in [0.15, 0.2) is 12.1 Å². The number of carboxylic acid groups (broad SMARTS) is 1. The van der Waals surface area contributed by atoms with E-state index in [0.29, 0.717) is 11.1 Å². The lowest BCUT2D eigenvalue weighted by Crippen LogP contribution is -2.50. The maximum Gasteiger partial charge on any atom is 0.329 e. The standard InChI is InChI=1S/C14H18N2O5/c1-8-6-9(2)11(16(20)21)7-10(8)12(17)15(5)14(3,4)13(18)19/h6-7H,1-5H3,(H,18,19). The normalized spacial score (nSPS) is 11.1. The minimum Gasteiger partial charge on any atom is -0.480 e. The third-order valence-corrected chi connectivity index (χ3v) is 3.64. The first-order valence-electron chi connectivity index (χ1n) is 6.27. The summed E-state index contributed by atoms with van der Waals surface area (Å²) in [7, 11) is 1.36. The minimum atomic E-state index is -1.41. The zero-order chi connectivity index (χ0) is 16.5. The molecule has 0 spiro atoms. The highest BCUT2D eigenvalue weighted by molar-refractivity contribution is 5.99. The van der Waals surface area contributed by atoms with E-state index in [-0.39, 0.29) is 11.3 Å². The molecular weight excluding hydrogens is 276 g/mol. The van der Waals surface area contributed by atoms with E-state index < -0.39 is 22.3 Å². The van der Waals surface area contributed by atoms with Gasteiger partial charge in [0, 0.05) is 24.2 Å². The molecule has 0 aliphatic carbocycles. The summed E-state index contributed by atoms with van der Waals surface area (Å²) in [4.78, 5) is 35.1. The summed E-state index contributed by atoms with van der Waals surface area (Å²) < 4.78 is 0. The molecule has 1 rings (SSSR count). The third-order valence-electron chi connectivity index (χ3n) is 3.64. The Morgan fingerprint density at radius 3 is 2.19 bits per heavy atom. The molecule has 0 heterocycles. The number of amides is 1. The molecule has 21 heavy (non-hydrogen) atoms. The van der Waals surface area contributed by atoms with E-state index >= 15 is 0 Å². The molecule has 1 aromatic carbocycles. The zero-order valence-electron chi connectivity index (χ0n) is 12.6. The molecular formula is C14H18N2O5. The van der Waals surface area contributed by atoms with Gasteiger partial charge in [-0.25, -0.2) is 4.79 Å². The molecule has 0 saturated heterocycles. The first-order valence-corrected chi connectivity index (χ1v) is 6.27. The number of carbonyl (C=O) groups is 2. The fraction of sp³-hybridized carbons (Fsp3) is 0.429. The lowest BCUT2D eigenvalue weighted by molar-refractivity contribution is -0.385. The number of benzene rings is 1.